The number of hydrogen-bond donors (Lipinski definition) is 1. The summed E-state index contributed by atoms with van der Waals surface area (Å²) in [6.07, 6.45) is 3.91. The quantitative estimate of drug-likeness (QED) is 0.700. The van der Waals surface area contributed by atoms with E-state index in [1.54, 1.807) is 0 Å². The number of nitrogens with two attached hydrogens (primary N) is 1. The van der Waals surface area contributed by atoms with Crippen LogP contribution in [0.25, 0.3) is 0 Å². The average molecular weight is 216 g/mol. The zero-order valence-corrected chi connectivity index (χ0v) is 7.71. The molecule has 1 aliphatic rings. The minimum atomic E-state index is 0.299. The number of fused-ring (bicyclic) bond motifs is 1. The first-order valence-corrected chi connectivity index (χ1v) is 4.52. The largest absolute Gasteiger partial charge is 0.326 e. The van der Waals surface area contributed by atoms with Gasteiger partial charge in [0, 0.05) is 19.0 Å². The molecule has 0 aliphatic carbocycles. The van der Waals surface area contributed by atoms with E-state index in [-0.39, 0.29) is 0 Å². The SMILES string of the molecule is N[C@@H]1CCc2ncc(Br)n2C1. The summed E-state index contributed by atoms with van der Waals surface area (Å²) in [5, 5.41) is 0. The van der Waals surface area contributed by atoms with Gasteiger partial charge in [-0.1, -0.05) is 0 Å². The lowest BCUT2D eigenvalue weighted by molar-refractivity contribution is 0.449. The second-order valence-electron chi connectivity index (χ2n) is 2.91. The summed E-state index contributed by atoms with van der Waals surface area (Å²) in [6.45, 7) is 0.899. The van der Waals surface area contributed by atoms with Crippen LogP contribution < -0.4 is 5.73 Å². The molecule has 0 spiro atoms. The third-order valence-electron chi connectivity index (χ3n) is 2.05. The highest BCUT2D eigenvalue weighted by Crippen LogP contribution is 2.19. The van der Waals surface area contributed by atoms with Crippen LogP contribution in [0.3, 0.4) is 0 Å². The highest BCUT2D eigenvalue weighted by Gasteiger charge is 2.17. The maximum atomic E-state index is 5.81. The fraction of sp³-hybridized carbons (Fsp3) is 0.571. The second-order valence-corrected chi connectivity index (χ2v) is 3.72. The molecular weight excluding hydrogens is 206 g/mol. The van der Waals surface area contributed by atoms with Gasteiger partial charge in [0.05, 0.1) is 6.20 Å². The third kappa shape index (κ3) is 1.20. The molecule has 2 N–H and O–H groups in total. The van der Waals surface area contributed by atoms with Gasteiger partial charge in [0.2, 0.25) is 0 Å². The summed E-state index contributed by atoms with van der Waals surface area (Å²) in [5.74, 6) is 1.15. The maximum absolute atomic E-state index is 5.81. The molecule has 1 aromatic rings. The molecule has 1 aromatic heterocycles. The Balaban J connectivity index is 2.37. The van der Waals surface area contributed by atoms with Crippen LogP contribution in [0, 0.1) is 0 Å². The van der Waals surface area contributed by atoms with E-state index in [2.05, 4.69) is 25.5 Å². The number of hydrogen-bond acceptors (Lipinski definition) is 2. The Labute approximate surface area is 73.7 Å². The zero-order chi connectivity index (χ0) is 7.84. The Kier molecular flexibility index (Phi) is 1.73. The van der Waals surface area contributed by atoms with Crippen LogP contribution in [0.5, 0.6) is 0 Å². The first-order chi connectivity index (χ1) is 5.27. The standard InChI is InChI=1S/C7H10BrN3/c8-6-3-10-7-2-1-5(9)4-11(6)7/h3,5H,1-2,4,9H2/t5-/m1/s1. The average Bonchev–Trinajstić information content (AvgIpc) is 2.33. The highest BCUT2D eigenvalue weighted by molar-refractivity contribution is 9.10. The molecule has 4 heteroatoms. The summed E-state index contributed by atoms with van der Waals surface area (Å²) >= 11 is 3.42. The molecule has 2 heterocycles. The molecule has 0 radical (unpaired) electrons. The van der Waals surface area contributed by atoms with Crippen LogP contribution in [0.4, 0.5) is 0 Å². The van der Waals surface area contributed by atoms with Crippen LogP contribution in [0.2, 0.25) is 0 Å². The van der Waals surface area contributed by atoms with Crippen molar-refractivity contribution in [3.63, 3.8) is 0 Å². The lowest BCUT2D eigenvalue weighted by Gasteiger charge is -2.20. The first-order valence-electron chi connectivity index (χ1n) is 3.73. The third-order valence-corrected chi connectivity index (χ3v) is 2.68. The molecule has 0 aromatic carbocycles. The Bertz CT molecular complexity index is 269. The van der Waals surface area contributed by atoms with Crippen molar-refractivity contribution in [1.29, 1.82) is 0 Å². The van der Waals surface area contributed by atoms with E-state index in [4.69, 9.17) is 5.73 Å². The zero-order valence-electron chi connectivity index (χ0n) is 6.13. The molecule has 0 amide bonds. The molecule has 0 fully saturated rings. The predicted octanol–water partition coefficient (Wildman–Crippen LogP) is 0.919. The van der Waals surface area contributed by atoms with E-state index in [0.717, 1.165) is 29.8 Å². The Morgan fingerprint density at radius 3 is 3.36 bits per heavy atom. The van der Waals surface area contributed by atoms with E-state index in [1.165, 1.54) is 0 Å². The topological polar surface area (TPSA) is 43.8 Å². The molecule has 60 valence electrons. The molecule has 2 rings (SSSR count). The van der Waals surface area contributed by atoms with Gasteiger partial charge in [-0.25, -0.2) is 4.98 Å². The van der Waals surface area contributed by atoms with Crippen molar-refractivity contribution in [2.24, 2.45) is 5.73 Å². The lowest BCUT2D eigenvalue weighted by Crippen LogP contribution is -2.32. The van der Waals surface area contributed by atoms with E-state index in [9.17, 15) is 0 Å². The van der Waals surface area contributed by atoms with Crippen LogP contribution in [0.15, 0.2) is 10.8 Å². The van der Waals surface area contributed by atoms with Gasteiger partial charge in [-0.15, -0.1) is 0 Å². The minimum Gasteiger partial charge on any atom is -0.326 e. The van der Waals surface area contributed by atoms with E-state index < -0.39 is 0 Å². The molecule has 11 heavy (non-hydrogen) atoms. The molecule has 0 unspecified atom stereocenters. The van der Waals surface area contributed by atoms with Gasteiger partial charge in [0.1, 0.15) is 10.4 Å². The number of rotatable bonds is 0. The van der Waals surface area contributed by atoms with Crippen LogP contribution in [0.1, 0.15) is 12.2 Å². The van der Waals surface area contributed by atoms with Gasteiger partial charge in [0.25, 0.3) is 0 Å². The fourth-order valence-corrected chi connectivity index (χ4v) is 1.87. The minimum absolute atomic E-state index is 0.299. The van der Waals surface area contributed by atoms with Crippen molar-refractivity contribution in [2.75, 3.05) is 0 Å². The summed E-state index contributed by atoms with van der Waals surface area (Å²) in [5.41, 5.74) is 5.81. The molecule has 0 saturated heterocycles. The predicted molar refractivity (Wildman–Crippen MR) is 46.2 cm³/mol. The lowest BCUT2D eigenvalue weighted by atomic mass is 10.1. The maximum Gasteiger partial charge on any atom is 0.109 e. The van der Waals surface area contributed by atoms with Crippen molar-refractivity contribution in [1.82, 2.24) is 9.55 Å². The van der Waals surface area contributed by atoms with E-state index >= 15 is 0 Å². The van der Waals surface area contributed by atoms with Crippen molar-refractivity contribution in [3.05, 3.63) is 16.6 Å². The molecule has 1 aliphatic heterocycles. The normalized spacial score (nSPS) is 23.3. The molecule has 3 nitrogen and oxygen atoms in total. The van der Waals surface area contributed by atoms with Gasteiger partial charge >= 0.3 is 0 Å². The Morgan fingerprint density at radius 1 is 1.73 bits per heavy atom. The summed E-state index contributed by atoms with van der Waals surface area (Å²) < 4.78 is 3.18. The number of nitrogens with zero attached hydrogens (tertiary/aromatic N) is 2. The number of imidazole rings is 1. The number of halogens is 1. The second kappa shape index (κ2) is 2.60. The summed E-state index contributed by atoms with van der Waals surface area (Å²) in [4.78, 5) is 4.25. The van der Waals surface area contributed by atoms with E-state index in [0.29, 0.717) is 6.04 Å². The Morgan fingerprint density at radius 2 is 2.55 bits per heavy atom. The van der Waals surface area contributed by atoms with Crippen LogP contribution in [-0.2, 0) is 13.0 Å². The molecular formula is C7H10BrN3. The molecule has 0 saturated carbocycles. The van der Waals surface area contributed by atoms with Crippen molar-refractivity contribution in [2.45, 2.75) is 25.4 Å². The van der Waals surface area contributed by atoms with Gasteiger partial charge in [-0.05, 0) is 22.4 Å². The van der Waals surface area contributed by atoms with Crippen molar-refractivity contribution >= 4 is 15.9 Å². The molecule has 0 bridgehead atoms. The number of aryl methyl sites for hydroxylation is 1. The van der Waals surface area contributed by atoms with Gasteiger partial charge in [0.15, 0.2) is 0 Å². The van der Waals surface area contributed by atoms with Gasteiger partial charge < -0.3 is 10.3 Å². The van der Waals surface area contributed by atoms with Gasteiger partial charge in [-0.2, -0.15) is 0 Å². The first kappa shape index (κ1) is 7.31. The highest BCUT2D eigenvalue weighted by atomic mass is 79.9. The van der Waals surface area contributed by atoms with Gasteiger partial charge in [-0.3, -0.25) is 0 Å². The molecule has 1 atom stereocenters. The number of aromatic nitrogens is 2. The monoisotopic (exact) mass is 215 g/mol. The van der Waals surface area contributed by atoms with E-state index in [1.807, 2.05) is 6.20 Å². The van der Waals surface area contributed by atoms with Crippen molar-refractivity contribution in [3.8, 4) is 0 Å². The Hall–Kier alpha value is -0.350. The summed E-state index contributed by atoms with van der Waals surface area (Å²) in [7, 11) is 0. The van der Waals surface area contributed by atoms with Crippen LogP contribution in [-0.4, -0.2) is 15.6 Å². The fourth-order valence-electron chi connectivity index (χ4n) is 1.42. The smallest absolute Gasteiger partial charge is 0.109 e. The van der Waals surface area contributed by atoms with Crippen molar-refractivity contribution < 1.29 is 0 Å². The summed E-state index contributed by atoms with van der Waals surface area (Å²) in [6, 6.07) is 0.299. The van der Waals surface area contributed by atoms with Crippen LogP contribution >= 0.6 is 15.9 Å².